The highest BCUT2D eigenvalue weighted by Gasteiger charge is 2.14. The third-order valence-corrected chi connectivity index (χ3v) is 5.43. The topological polar surface area (TPSA) is 37.2 Å². The second-order valence-electron chi connectivity index (χ2n) is 7.20. The van der Waals surface area contributed by atoms with E-state index in [1.54, 1.807) is 0 Å². The lowest BCUT2D eigenvalue weighted by molar-refractivity contribution is 0.169. The van der Waals surface area contributed by atoms with Crippen molar-refractivity contribution in [1.82, 2.24) is 4.57 Å². The van der Waals surface area contributed by atoms with Gasteiger partial charge in [0.2, 0.25) is 0 Å². The van der Waals surface area contributed by atoms with Crippen molar-refractivity contribution in [2.24, 2.45) is 0 Å². The Morgan fingerprint density at radius 3 is 2.41 bits per heavy atom. The van der Waals surface area contributed by atoms with Crippen LogP contribution in [0.1, 0.15) is 11.1 Å². The van der Waals surface area contributed by atoms with Crippen LogP contribution in [0, 0.1) is 13.8 Å². The highest BCUT2D eigenvalue weighted by molar-refractivity contribution is 9.10. The van der Waals surface area contributed by atoms with Crippen LogP contribution < -0.4 is 5.32 Å². The van der Waals surface area contributed by atoms with Crippen LogP contribution in [-0.2, 0) is 6.54 Å². The molecule has 4 heteroatoms. The minimum absolute atomic E-state index is 0.491. The molecule has 27 heavy (non-hydrogen) atoms. The van der Waals surface area contributed by atoms with Gasteiger partial charge in [-0.1, -0.05) is 39.7 Å². The molecule has 1 heterocycles. The van der Waals surface area contributed by atoms with Gasteiger partial charge in [-0.3, -0.25) is 0 Å². The molecule has 0 saturated carbocycles. The first-order valence-corrected chi connectivity index (χ1v) is 9.97. The maximum Gasteiger partial charge on any atom is 0.0891 e. The molecular weight excluding hydrogens is 400 g/mol. The molecule has 0 radical (unpaired) electrons. The van der Waals surface area contributed by atoms with E-state index in [1.807, 2.05) is 12.1 Å². The van der Waals surface area contributed by atoms with Gasteiger partial charge in [0.1, 0.15) is 0 Å². The fraction of sp³-hybridized carbons (Fsp3) is 0.217. The molecule has 0 spiro atoms. The maximum absolute atomic E-state index is 10.7. The summed E-state index contributed by atoms with van der Waals surface area (Å²) in [5, 5.41) is 16.5. The van der Waals surface area contributed by atoms with Gasteiger partial charge in [-0.05, 0) is 61.9 Å². The van der Waals surface area contributed by atoms with E-state index >= 15 is 0 Å². The first kappa shape index (κ1) is 18.1. The van der Waals surface area contributed by atoms with Gasteiger partial charge in [0, 0.05) is 38.5 Å². The lowest BCUT2D eigenvalue weighted by Gasteiger charge is -2.16. The normalized spacial score (nSPS) is 12.6. The molecular formula is C23H23BrN2O. The largest absolute Gasteiger partial charge is 0.389 e. The minimum atomic E-state index is -0.491. The standard InChI is InChI=1S/C23H23BrN2O/c1-15-4-3-5-18(10-15)25-13-19(27)14-26-22-8-6-16(2)11-20(22)21-12-17(24)7-9-23(21)26/h3-12,19,25,27H,13-14H2,1-2H3. The number of benzene rings is 3. The predicted octanol–water partition coefficient (Wildman–Crippen LogP) is 5.65. The Kier molecular flexibility index (Phi) is 4.94. The van der Waals surface area contributed by atoms with Gasteiger partial charge in [0.15, 0.2) is 0 Å². The summed E-state index contributed by atoms with van der Waals surface area (Å²) in [5.74, 6) is 0. The molecule has 2 N–H and O–H groups in total. The summed E-state index contributed by atoms with van der Waals surface area (Å²) in [5.41, 5.74) is 5.79. The lowest BCUT2D eigenvalue weighted by Crippen LogP contribution is -2.24. The van der Waals surface area contributed by atoms with Crippen molar-refractivity contribution >= 4 is 43.4 Å². The van der Waals surface area contributed by atoms with Gasteiger partial charge < -0.3 is 15.0 Å². The summed E-state index contributed by atoms with van der Waals surface area (Å²) in [6.07, 6.45) is -0.491. The van der Waals surface area contributed by atoms with E-state index in [9.17, 15) is 5.11 Å². The number of anilines is 1. The number of halogens is 1. The third-order valence-electron chi connectivity index (χ3n) is 4.94. The fourth-order valence-electron chi connectivity index (χ4n) is 3.65. The van der Waals surface area contributed by atoms with Crippen molar-refractivity contribution in [3.8, 4) is 0 Å². The Morgan fingerprint density at radius 2 is 1.63 bits per heavy atom. The fourth-order valence-corrected chi connectivity index (χ4v) is 4.01. The summed E-state index contributed by atoms with van der Waals surface area (Å²) in [4.78, 5) is 0. The number of hydrogen-bond acceptors (Lipinski definition) is 2. The van der Waals surface area contributed by atoms with Gasteiger partial charge >= 0.3 is 0 Å². The molecule has 3 aromatic carbocycles. The Hall–Kier alpha value is -2.30. The SMILES string of the molecule is Cc1cccc(NCC(O)Cn2c3ccc(C)cc3c3cc(Br)ccc32)c1. The highest BCUT2D eigenvalue weighted by atomic mass is 79.9. The number of aryl methyl sites for hydroxylation is 2. The average molecular weight is 423 g/mol. The lowest BCUT2D eigenvalue weighted by atomic mass is 10.1. The summed E-state index contributed by atoms with van der Waals surface area (Å²) >= 11 is 3.58. The van der Waals surface area contributed by atoms with Crippen LogP contribution >= 0.6 is 15.9 Å². The molecule has 0 aliphatic heterocycles. The van der Waals surface area contributed by atoms with Gasteiger partial charge in [0.05, 0.1) is 12.6 Å². The van der Waals surface area contributed by atoms with E-state index < -0.39 is 6.10 Å². The molecule has 4 rings (SSSR count). The van der Waals surface area contributed by atoms with E-state index in [0.29, 0.717) is 13.1 Å². The van der Waals surface area contributed by atoms with Gasteiger partial charge in [-0.2, -0.15) is 0 Å². The summed E-state index contributed by atoms with van der Waals surface area (Å²) in [6.45, 7) is 5.23. The Labute approximate surface area is 167 Å². The van der Waals surface area contributed by atoms with Crippen molar-refractivity contribution in [3.05, 3.63) is 76.3 Å². The molecule has 0 saturated heterocycles. The molecule has 0 bridgehead atoms. The zero-order valence-electron chi connectivity index (χ0n) is 15.5. The van der Waals surface area contributed by atoms with Crippen LogP contribution in [0.5, 0.6) is 0 Å². The molecule has 1 aromatic heterocycles. The van der Waals surface area contributed by atoms with E-state index in [2.05, 4.69) is 88.2 Å². The zero-order chi connectivity index (χ0) is 19.0. The quantitative estimate of drug-likeness (QED) is 0.436. The van der Waals surface area contributed by atoms with Crippen LogP contribution in [0.3, 0.4) is 0 Å². The second-order valence-corrected chi connectivity index (χ2v) is 8.11. The number of nitrogens with zero attached hydrogens (tertiary/aromatic N) is 1. The Balaban J connectivity index is 1.64. The Bertz CT molecular complexity index is 1060. The van der Waals surface area contributed by atoms with Crippen molar-refractivity contribution in [2.45, 2.75) is 26.5 Å². The number of rotatable bonds is 5. The smallest absolute Gasteiger partial charge is 0.0891 e. The monoisotopic (exact) mass is 422 g/mol. The molecule has 138 valence electrons. The molecule has 4 aromatic rings. The van der Waals surface area contributed by atoms with Crippen LogP contribution in [0.25, 0.3) is 21.8 Å². The van der Waals surface area contributed by atoms with E-state index in [0.717, 1.165) is 21.2 Å². The van der Waals surface area contributed by atoms with Crippen molar-refractivity contribution in [2.75, 3.05) is 11.9 Å². The molecule has 3 nitrogen and oxygen atoms in total. The van der Waals surface area contributed by atoms with Crippen LogP contribution in [0.15, 0.2) is 65.1 Å². The van der Waals surface area contributed by atoms with Gasteiger partial charge in [-0.25, -0.2) is 0 Å². The number of aromatic nitrogens is 1. The van der Waals surface area contributed by atoms with Crippen LogP contribution in [-0.4, -0.2) is 22.3 Å². The number of aliphatic hydroxyl groups excluding tert-OH is 1. The molecule has 1 unspecified atom stereocenters. The maximum atomic E-state index is 10.7. The van der Waals surface area contributed by atoms with E-state index in [-0.39, 0.29) is 0 Å². The van der Waals surface area contributed by atoms with Crippen LogP contribution in [0.4, 0.5) is 5.69 Å². The molecule has 0 aliphatic carbocycles. The number of hydrogen-bond donors (Lipinski definition) is 2. The third kappa shape index (κ3) is 3.73. The Morgan fingerprint density at radius 1 is 0.926 bits per heavy atom. The van der Waals surface area contributed by atoms with Crippen molar-refractivity contribution in [3.63, 3.8) is 0 Å². The van der Waals surface area contributed by atoms with Gasteiger partial charge in [-0.15, -0.1) is 0 Å². The van der Waals surface area contributed by atoms with Gasteiger partial charge in [0.25, 0.3) is 0 Å². The second kappa shape index (κ2) is 7.37. The number of fused-ring (bicyclic) bond motifs is 3. The van der Waals surface area contributed by atoms with Crippen molar-refractivity contribution in [1.29, 1.82) is 0 Å². The number of nitrogens with one attached hydrogen (secondary N) is 1. The highest BCUT2D eigenvalue weighted by Crippen LogP contribution is 2.32. The van der Waals surface area contributed by atoms with Crippen LogP contribution in [0.2, 0.25) is 0 Å². The summed E-state index contributed by atoms with van der Waals surface area (Å²) in [6, 6.07) is 21.1. The average Bonchev–Trinajstić information content (AvgIpc) is 2.92. The molecule has 1 atom stereocenters. The first-order chi connectivity index (χ1) is 13.0. The van der Waals surface area contributed by atoms with E-state index in [4.69, 9.17) is 0 Å². The first-order valence-electron chi connectivity index (χ1n) is 9.18. The predicted molar refractivity (Wildman–Crippen MR) is 118 cm³/mol. The minimum Gasteiger partial charge on any atom is -0.389 e. The summed E-state index contributed by atoms with van der Waals surface area (Å²) in [7, 11) is 0. The van der Waals surface area contributed by atoms with Crippen molar-refractivity contribution < 1.29 is 5.11 Å². The molecule has 0 aliphatic rings. The summed E-state index contributed by atoms with van der Waals surface area (Å²) < 4.78 is 3.29. The molecule has 0 fully saturated rings. The number of aliphatic hydroxyl groups is 1. The van der Waals surface area contributed by atoms with E-state index in [1.165, 1.54) is 21.9 Å². The zero-order valence-corrected chi connectivity index (χ0v) is 17.1. The molecule has 0 amide bonds.